The molecule has 0 heterocycles. The van der Waals surface area contributed by atoms with Crippen LogP contribution in [0.25, 0.3) is 0 Å². The molecule has 0 saturated heterocycles. The maximum atomic E-state index is 9.63. The topological polar surface area (TPSA) is 32.3 Å². The van der Waals surface area contributed by atoms with Crippen molar-refractivity contribution in [1.82, 2.24) is 5.32 Å². The average Bonchev–Trinajstić information content (AvgIpc) is 2.78. The first-order valence-corrected chi connectivity index (χ1v) is 5.39. The van der Waals surface area contributed by atoms with E-state index in [4.69, 9.17) is 0 Å². The molecule has 2 heteroatoms. The van der Waals surface area contributed by atoms with Gasteiger partial charge in [0.25, 0.3) is 0 Å². The van der Waals surface area contributed by atoms with Crippen molar-refractivity contribution in [2.75, 3.05) is 6.54 Å². The van der Waals surface area contributed by atoms with Crippen LogP contribution in [-0.4, -0.2) is 23.8 Å². The molecule has 1 atom stereocenters. The summed E-state index contributed by atoms with van der Waals surface area (Å²) in [5.41, 5.74) is 0.348. The normalized spacial score (nSPS) is 20.3. The van der Waals surface area contributed by atoms with Gasteiger partial charge in [0.1, 0.15) is 0 Å². The SMILES string of the molecule is CC(C)(C)CCC(O)CNC1CC1. The molecular formula is C11H23NO. The van der Waals surface area contributed by atoms with Crippen LogP contribution in [-0.2, 0) is 0 Å². The molecule has 0 aromatic heterocycles. The molecule has 2 nitrogen and oxygen atoms in total. The summed E-state index contributed by atoms with van der Waals surface area (Å²) >= 11 is 0. The first-order valence-electron chi connectivity index (χ1n) is 5.39. The molecule has 0 amide bonds. The van der Waals surface area contributed by atoms with Crippen molar-refractivity contribution < 1.29 is 5.11 Å². The molecule has 0 aliphatic heterocycles. The first-order chi connectivity index (χ1) is 5.97. The Labute approximate surface area is 81.7 Å². The minimum atomic E-state index is -0.153. The monoisotopic (exact) mass is 185 g/mol. The number of rotatable bonds is 5. The summed E-state index contributed by atoms with van der Waals surface area (Å²) in [4.78, 5) is 0. The average molecular weight is 185 g/mol. The zero-order valence-electron chi connectivity index (χ0n) is 9.14. The third-order valence-corrected chi connectivity index (χ3v) is 2.45. The summed E-state index contributed by atoms with van der Waals surface area (Å²) < 4.78 is 0. The van der Waals surface area contributed by atoms with Gasteiger partial charge in [-0.25, -0.2) is 0 Å². The van der Waals surface area contributed by atoms with Crippen LogP contribution in [0, 0.1) is 5.41 Å². The third-order valence-electron chi connectivity index (χ3n) is 2.45. The van der Waals surface area contributed by atoms with E-state index in [2.05, 4.69) is 26.1 Å². The summed E-state index contributed by atoms with van der Waals surface area (Å²) in [5.74, 6) is 0. The van der Waals surface area contributed by atoms with Crippen molar-refractivity contribution in [2.45, 2.75) is 58.6 Å². The fourth-order valence-corrected chi connectivity index (χ4v) is 1.29. The van der Waals surface area contributed by atoms with Gasteiger partial charge in [-0.2, -0.15) is 0 Å². The maximum Gasteiger partial charge on any atom is 0.0664 e. The second-order valence-electron chi connectivity index (χ2n) is 5.44. The lowest BCUT2D eigenvalue weighted by molar-refractivity contribution is 0.143. The Morgan fingerprint density at radius 2 is 2.00 bits per heavy atom. The van der Waals surface area contributed by atoms with Gasteiger partial charge < -0.3 is 10.4 Å². The van der Waals surface area contributed by atoms with Crippen molar-refractivity contribution in [1.29, 1.82) is 0 Å². The van der Waals surface area contributed by atoms with Gasteiger partial charge >= 0.3 is 0 Å². The Balaban J connectivity index is 1.99. The highest BCUT2D eigenvalue weighted by Gasteiger charge is 2.21. The summed E-state index contributed by atoms with van der Waals surface area (Å²) in [5, 5.41) is 13.0. The van der Waals surface area contributed by atoms with Gasteiger partial charge in [-0.05, 0) is 31.1 Å². The molecule has 13 heavy (non-hydrogen) atoms. The molecule has 1 aliphatic carbocycles. The van der Waals surface area contributed by atoms with Crippen LogP contribution < -0.4 is 5.32 Å². The third kappa shape index (κ3) is 6.05. The van der Waals surface area contributed by atoms with Crippen LogP contribution in [0.2, 0.25) is 0 Å². The molecule has 0 radical (unpaired) electrons. The molecular weight excluding hydrogens is 162 g/mol. The fourth-order valence-electron chi connectivity index (χ4n) is 1.29. The Morgan fingerprint density at radius 3 is 2.46 bits per heavy atom. The van der Waals surface area contributed by atoms with E-state index >= 15 is 0 Å². The number of aliphatic hydroxyl groups is 1. The lowest BCUT2D eigenvalue weighted by Crippen LogP contribution is -2.29. The predicted octanol–water partition coefficient (Wildman–Crippen LogP) is 1.93. The summed E-state index contributed by atoms with van der Waals surface area (Å²) in [7, 11) is 0. The number of nitrogens with one attached hydrogen (secondary N) is 1. The number of hydrogen-bond donors (Lipinski definition) is 2. The summed E-state index contributed by atoms with van der Waals surface area (Å²) in [6.45, 7) is 7.43. The van der Waals surface area contributed by atoms with E-state index in [1.165, 1.54) is 12.8 Å². The van der Waals surface area contributed by atoms with Gasteiger partial charge in [0.2, 0.25) is 0 Å². The quantitative estimate of drug-likeness (QED) is 0.686. The van der Waals surface area contributed by atoms with E-state index in [9.17, 15) is 5.11 Å². The highest BCUT2D eigenvalue weighted by molar-refractivity contribution is 4.82. The Kier molecular flexibility index (Phi) is 3.74. The number of hydrogen-bond acceptors (Lipinski definition) is 2. The van der Waals surface area contributed by atoms with Crippen molar-refractivity contribution in [2.24, 2.45) is 5.41 Å². The molecule has 0 aromatic carbocycles. The fraction of sp³-hybridized carbons (Fsp3) is 1.00. The Hall–Kier alpha value is -0.0800. The standard InChI is InChI=1S/C11H23NO/c1-11(2,3)7-6-10(13)8-12-9-4-5-9/h9-10,12-13H,4-8H2,1-3H3. The van der Waals surface area contributed by atoms with Gasteiger partial charge in [-0.1, -0.05) is 20.8 Å². The Bertz CT molecular complexity index is 147. The van der Waals surface area contributed by atoms with Crippen molar-refractivity contribution in [3.8, 4) is 0 Å². The molecule has 0 aromatic rings. The molecule has 0 bridgehead atoms. The molecule has 78 valence electrons. The maximum absolute atomic E-state index is 9.63. The van der Waals surface area contributed by atoms with E-state index in [0.717, 1.165) is 19.4 Å². The van der Waals surface area contributed by atoms with Gasteiger partial charge in [0.05, 0.1) is 6.10 Å². The molecule has 1 aliphatic rings. The van der Waals surface area contributed by atoms with Gasteiger partial charge in [0, 0.05) is 12.6 Å². The lowest BCUT2D eigenvalue weighted by Gasteiger charge is -2.20. The molecule has 0 spiro atoms. The molecule has 1 rings (SSSR count). The van der Waals surface area contributed by atoms with E-state index in [1.807, 2.05) is 0 Å². The smallest absolute Gasteiger partial charge is 0.0664 e. The minimum absolute atomic E-state index is 0.153. The summed E-state index contributed by atoms with van der Waals surface area (Å²) in [6, 6.07) is 0.712. The second kappa shape index (κ2) is 4.43. The zero-order valence-corrected chi connectivity index (χ0v) is 9.14. The number of aliphatic hydroxyl groups excluding tert-OH is 1. The van der Waals surface area contributed by atoms with Crippen LogP contribution in [0.4, 0.5) is 0 Å². The zero-order chi connectivity index (χ0) is 9.90. The van der Waals surface area contributed by atoms with Crippen molar-refractivity contribution in [3.63, 3.8) is 0 Å². The van der Waals surface area contributed by atoms with Crippen LogP contribution in [0.1, 0.15) is 46.5 Å². The molecule has 1 fully saturated rings. The molecule has 1 unspecified atom stereocenters. The molecule has 2 N–H and O–H groups in total. The highest BCUT2D eigenvalue weighted by atomic mass is 16.3. The highest BCUT2D eigenvalue weighted by Crippen LogP contribution is 2.22. The van der Waals surface area contributed by atoms with Gasteiger partial charge in [-0.3, -0.25) is 0 Å². The molecule has 1 saturated carbocycles. The van der Waals surface area contributed by atoms with E-state index in [1.54, 1.807) is 0 Å². The summed E-state index contributed by atoms with van der Waals surface area (Å²) in [6.07, 6.45) is 4.46. The minimum Gasteiger partial charge on any atom is -0.392 e. The van der Waals surface area contributed by atoms with Crippen molar-refractivity contribution >= 4 is 0 Å². The van der Waals surface area contributed by atoms with Gasteiger partial charge in [0.15, 0.2) is 0 Å². The first kappa shape index (κ1) is 11.0. The largest absolute Gasteiger partial charge is 0.392 e. The van der Waals surface area contributed by atoms with E-state index < -0.39 is 0 Å². The van der Waals surface area contributed by atoms with Crippen LogP contribution in [0.3, 0.4) is 0 Å². The lowest BCUT2D eigenvalue weighted by atomic mass is 9.89. The van der Waals surface area contributed by atoms with Crippen LogP contribution in [0.5, 0.6) is 0 Å². The van der Waals surface area contributed by atoms with Crippen LogP contribution in [0.15, 0.2) is 0 Å². The van der Waals surface area contributed by atoms with Gasteiger partial charge in [-0.15, -0.1) is 0 Å². The van der Waals surface area contributed by atoms with E-state index in [-0.39, 0.29) is 6.10 Å². The van der Waals surface area contributed by atoms with E-state index in [0.29, 0.717) is 11.5 Å². The predicted molar refractivity (Wildman–Crippen MR) is 55.7 cm³/mol. The van der Waals surface area contributed by atoms with Crippen molar-refractivity contribution in [3.05, 3.63) is 0 Å². The second-order valence-corrected chi connectivity index (χ2v) is 5.44. The van der Waals surface area contributed by atoms with Crippen LogP contribution >= 0.6 is 0 Å². The Morgan fingerprint density at radius 1 is 1.38 bits per heavy atom.